The van der Waals surface area contributed by atoms with E-state index in [0.717, 1.165) is 25.1 Å². The molecule has 2 heterocycles. The van der Waals surface area contributed by atoms with E-state index in [2.05, 4.69) is 11.9 Å². The Morgan fingerprint density at radius 3 is 2.75 bits per heavy atom. The number of nitrogens with zero attached hydrogens (tertiary/aromatic N) is 2. The summed E-state index contributed by atoms with van der Waals surface area (Å²) in [7, 11) is 0. The Kier molecular flexibility index (Phi) is 4.54. The molecule has 0 fully saturated rings. The Labute approximate surface area is 120 Å². The summed E-state index contributed by atoms with van der Waals surface area (Å²) < 4.78 is 1.64. The lowest BCUT2D eigenvalue weighted by Gasteiger charge is -2.10. The van der Waals surface area contributed by atoms with Crippen molar-refractivity contribution in [2.45, 2.75) is 46.1 Å². The van der Waals surface area contributed by atoms with Crippen LogP contribution in [0.1, 0.15) is 49.3 Å². The number of aromatic nitrogens is 2. The number of carboxylic acids is 1. The summed E-state index contributed by atoms with van der Waals surface area (Å²) in [6.07, 6.45) is 3.69. The van der Waals surface area contributed by atoms with E-state index in [-0.39, 0.29) is 16.5 Å². The number of carboxylic acid groups (broad SMARTS) is 1. The molecular formula is C14H18N2O3S. The van der Waals surface area contributed by atoms with Gasteiger partial charge in [0.1, 0.15) is 10.7 Å². The maximum absolute atomic E-state index is 12.6. The lowest BCUT2D eigenvalue weighted by Crippen LogP contribution is -2.25. The second-order valence-corrected chi connectivity index (χ2v) is 5.54. The fourth-order valence-corrected chi connectivity index (χ4v) is 3.17. The second kappa shape index (κ2) is 6.17. The van der Waals surface area contributed by atoms with Gasteiger partial charge in [0.2, 0.25) is 0 Å². The van der Waals surface area contributed by atoms with E-state index < -0.39 is 5.97 Å². The molecule has 0 radical (unpaired) electrons. The van der Waals surface area contributed by atoms with Crippen molar-refractivity contribution in [1.29, 1.82) is 0 Å². The molecule has 20 heavy (non-hydrogen) atoms. The molecule has 0 spiro atoms. The normalized spacial score (nSPS) is 11.1. The standard InChI is InChI=1S/C14H18N2O3S/c1-3-5-6-7-16-10(4-2)15-12-11(13(16)17)9(8-20-12)14(18)19/h8H,3-7H2,1-2H3,(H,18,19). The predicted molar refractivity (Wildman–Crippen MR) is 79.7 cm³/mol. The van der Waals surface area contributed by atoms with Gasteiger partial charge in [-0.2, -0.15) is 0 Å². The van der Waals surface area contributed by atoms with Gasteiger partial charge < -0.3 is 5.11 Å². The minimum atomic E-state index is -1.07. The molecule has 0 aliphatic heterocycles. The molecule has 0 aliphatic rings. The third kappa shape index (κ3) is 2.60. The zero-order chi connectivity index (χ0) is 14.7. The van der Waals surface area contributed by atoms with Gasteiger partial charge >= 0.3 is 5.97 Å². The van der Waals surface area contributed by atoms with Gasteiger partial charge in [0.15, 0.2) is 0 Å². The van der Waals surface area contributed by atoms with Crippen LogP contribution in [-0.4, -0.2) is 20.6 Å². The highest BCUT2D eigenvalue weighted by atomic mass is 32.1. The van der Waals surface area contributed by atoms with Crippen LogP contribution in [0.4, 0.5) is 0 Å². The predicted octanol–water partition coefficient (Wildman–Crippen LogP) is 2.91. The van der Waals surface area contributed by atoms with Crippen LogP contribution >= 0.6 is 11.3 Å². The first kappa shape index (κ1) is 14.7. The summed E-state index contributed by atoms with van der Waals surface area (Å²) in [6.45, 7) is 4.66. The number of unbranched alkanes of at least 4 members (excludes halogenated alkanes) is 2. The molecule has 2 aromatic rings. The Morgan fingerprint density at radius 1 is 1.40 bits per heavy atom. The topological polar surface area (TPSA) is 72.2 Å². The molecule has 0 unspecified atom stereocenters. The molecule has 0 aromatic carbocycles. The van der Waals surface area contributed by atoms with Gasteiger partial charge in [0.25, 0.3) is 5.56 Å². The Hall–Kier alpha value is -1.69. The highest BCUT2D eigenvalue weighted by Gasteiger charge is 2.18. The van der Waals surface area contributed by atoms with Crippen molar-refractivity contribution in [3.63, 3.8) is 0 Å². The van der Waals surface area contributed by atoms with Crippen LogP contribution in [0.2, 0.25) is 0 Å². The first-order valence-electron chi connectivity index (χ1n) is 6.84. The number of thiophene rings is 1. The molecular weight excluding hydrogens is 276 g/mol. The van der Waals surface area contributed by atoms with Gasteiger partial charge in [-0.1, -0.05) is 26.7 Å². The quantitative estimate of drug-likeness (QED) is 0.831. The van der Waals surface area contributed by atoms with E-state index in [4.69, 9.17) is 5.11 Å². The summed E-state index contributed by atoms with van der Waals surface area (Å²) >= 11 is 1.22. The molecule has 0 saturated carbocycles. The van der Waals surface area contributed by atoms with E-state index in [0.29, 0.717) is 17.8 Å². The third-order valence-electron chi connectivity index (χ3n) is 3.30. The van der Waals surface area contributed by atoms with Gasteiger partial charge in [-0.25, -0.2) is 9.78 Å². The number of aryl methyl sites for hydroxylation is 1. The maximum Gasteiger partial charge on any atom is 0.337 e. The van der Waals surface area contributed by atoms with Crippen molar-refractivity contribution in [3.05, 3.63) is 27.1 Å². The van der Waals surface area contributed by atoms with Gasteiger partial charge in [0.05, 0.1) is 10.9 Å². The first-order chi connectivity index (χ1) is 9.60. The SMILES string of the molecule is CCCCCn1c(CC)nc2scc(C(=O)O)c2c1=O. The van der Waals surface area contributed by atoms with E-state index in [1.54, 1.807) is 4.57 Å². The molecule has 6 heteroatoms. The average Bonchev–Trinajstić information content (AvgIpc) is 2.85. The molecule has 108 valence electrons. The lowest BCUT2D eigenvalue weighted by molar-refractivity contribution is 0.0699. The molecule has 0 amide bonds. The monoisotopic (exact) mass is 294 g/mol. The van der Waals surface area contributed by atoms with E-state index in [1.807, 2.05) is 6.92 Å². The largest absolute Gasteiger partial charge is 0.478 e. The molecule has 0 aliphatic carbocycles. The molecule has 5 nitrogen and oxygen atoms in total. The van der Waals surface area contributed by atoms with Gasteiger partial charge in [-0.3, -0.25) is 9.36 Å². The van der Waals surface area contributed by atoms with Crippen LogP contribution in [0.15, 0.2) is 10.2 Å². The zero-order valence-electron chi connectivity index (χ0n) is 11.7. The van der Waals surface area contributed by atoms with E-state index in [1.165, 1.54) is 16.7 Å². The fourth-order valence-electron chi connectivity index (χ4n) is 2.24. The highest BCUT2D eigenvalue weighted by molar-refractivity contribution is 7.17. The van der Waals surface area contributed by atoms with Crippen molar-refractivity contribution in [2.24, 2.45) is 0 Å². The van der Waals surface area contributed by atoms with Gasteiger partial charge in [-0.05, 0) is 6.42 Å². The summed E-state index contributed by atoms with van der Waals surface area (Å²) in [4.78, 5) is 28.7. The van der Waals surface area contributed by atoms with Crippen molar-refractivity contribution in [2.75, 3.05) is 0 Å². The number of aromatic carboxylic acids is 1. The van der Waals surface area contributed by atoms with Crippen LogP contribution in [0.3, 0.4) is 0 Å². The van der Waals surface area contributed by atoms with E-state index in [9.17, 15) is 9.59 Å². The number of fused-ring (bicyclic) bond motifs is 1. The van der Waals surface area contributed by atoms with Crippen molar-refractivity contribution < 1.29 is 9.90 Å². The Balaban J connectivity index is 2.59. The summed E-state index contributed by atoms with van der Waals surface area (Å²) in [6, 6.07) is 0. The molecule has 0 atom stereocenters. The number of carbonyl (C=O) groups is 1. The maximum atomic E-state index is 12.6. The number of hydrogen-bond acceptors (Lipinski definition) is 4. The minimum absolute atomic E-state index is 0.0643. The molecule has 0 saturated heterocycles. The Bertz CT molecular complexity index is 688. The van der Waals surface area contributed by atoms with Gasteiger partial charge in [-0.15, -0.1) is 11.3 Å². The molecule has 0 bridgehead atoms. The fraction of sp³-hybridized carbons (Fsp3) is 0.500. The molecule has 1 N–H and O–H groups in total. The van der Waals surface area contributed by atoms with Crippen LogP contribution < -0.4 is 5.56 Å². The van der Waals surface area contributed by atoms with Crippen molar-refractivity contribution >= 4 is 27.5 Å². The number of hydrogen-bond donors (Lipinski definition) is 1. The smallest absolute Gasteiger partial charge is 0.337 e. The lowest BCUT2D eigenvalue weighted by atomic mass is 10.2. The average molecular weight is 294 g/mol. The second-order valence-electron chi connectivity index (χ2n) is 4.68. The van der Waals surface area contributed by atoms with Gasteiger partial charge in [0, 0.05) is 18.3 Å². The zero-order valence-corrected chi connectivity index (χ0v) is 12.5. The Morgan fingerprint density at radius 2 is 2.15 bits per heavy atom. The molecule has 2 rings (SSSR count). The summed E-state index contributed by atoms with van der Waals surface area (Å²) in [5, 5.41) is 10.9. The van der Waals surface area contributed by atoms with Crippen molar-refractivity contribution in [3.8, 4) is 0 Å². The first-order valence-corrected chi connectivity index (χ1v) is 7.72. The van der Waals surface area contributed by atoms with Crippen LogP contribution in [-0.2, 0) is 13.0 Å². The van der Waals surface area contributed by atoms with Crippen molar-refractivity contribution in [1.82, 2.24) is 9.55 Å². The number of rotatable bonds is 6. The third-order valence-corrected chi connectivity index (χ3v) is 4.18. The summed E-state index contributed by atoms with van der Waals surface area (Å²) in [5.41, 5.74) is -0.156. The highest BCUT2D eigenvalue weighted by Crippen LogP contribution is 2.22. The van der Waals surface area contributed by atoms with Crippen LogP contribution in [0.25, 0.3) is 10.2 Å². The van der Waals surface area contributed by atoms with E-state index >= 15 is 0 Å². The van der Waals surface area contributed by atoms with Crippen LogP contribution in [0, 0.1) is 0 Å². The minimum Gasteiger partial charge on any atom is -0.478 e. The molecule has 2 aromatic heterocycles. The summed E-state index contributed by atoms with van der Waals surface area (Å²) in [5.74, 6) is -0.336. The van der Waals surface area contributed by atoms with Crippen LogP contribution in [0.5, 0.6) is 0 Å².